The van der Waals surface area contributed by atoms with Crippen LogP contribution in [0, 0.1) is 11.6 Å². The van der Waals surface area contributed by atoms with Gasteiger partial charge in [-0.1, -0.05) is 18.2 Å². The van der Waals surface area contributed by atoms with Crippen LogP contribution in [0.5, 0.6) is 0 Å². The number of halogens is 2. The Balaban J connectivity index is 2.18. The van der Waals surface area contributed by atoms with Gasteiger partial charge in [-0.2, -0.15) is 0 Å². The van der Waals surface area contributed by atoms with Gasteiger partial charge in [0.05, 0.1) is 4.90 Å². The van der Waals surface area contributed by atoms with Crippen molar-refractivity contribution < 1.29 is 17.2 Å². The predicted molar refractivity (Wildman–Crippen MR) is 105 cm³/mol. The summed E-state index contributed by atoms with van der Waals surface area (Å²) in [6.45, 7) is 0.728. The first-order chi connectivity index (χ1) is 12.7. The summed E-state index contributed by atoms with van der Waals surface area (Å²) < 4.78 is 51.3. The molecule has 0 unspecified atom stereocenters. The zero-order valence-corrected chi connectivity index (χ0v) is 16.8. The summed E-state index contributed by atoms with van der Waals surface area (Å²) >= 11 is 1.58. The molecule has 27 heavy (non-hydrogen) atoms. The Morgan fingerprint density at radius 2 is 1.74 bits per heavy atom. The Bertz CT molecular complexity index is 839. The van der Waals surface area contributed by atoms with Gasteiger partial charge in [-0.3, -0.25) is 0 Å². The van der Waals surface area contributed by atoms with E-state index in [0.717, 1.165) is 23.6 Å². The highest BCUT2D eigenvalue weighted by Gasteiger charge is 2.20. The van der Waals surface area contributed by atoms with Crippen LogP contribution in [0.25, 0.3) is 0 Å². The fourth-order valence-corrected chi connectivity index (χ4v) is 3.91. The Morgan fingerprint density at radius 1 is 1.15 bits per heavy atom. The average molecular weight is 416 g/mol. The number of benzene rings is 2. The molecule has 3 N–H and O–H groups in total. The summed E-state index contributed by atoms with van der Waals surface area (Å²) in [7, 11) is -0.339. The zero-order chi connectivity index (χ0) is 20.0. The van der Waals surface area contributed by atoms with Gasteiger partial charge in [0.2, 0.25) is 10.0 Å². The number of nitrogens with zero attached hydrogens (tertiary/aromatic N) is 1. The predicted octanol–water partition coefficient (Wildman–Crippen LogP) is 3.14. The molecule has 0 aliphatic carbocycles. The minimum absolute atomic E-state index is 0.220. The highest BCUT2D eigenvalue weighted by Crippen LogP contribution is 2.26. The summed E-state index contributed by atoms with van der Waals surface area (Å²) in [6.07, 6.45) is 0.655. The third kappa shape index (κ3) is 6.76. The lowest BCUT2D eigenvalue weighted by Gasteiger charge is -2.22. The largest absolute Gasteiger partial charge is 0.377 e. The van der Waals surface area contributed by atoms with E-state index in [2.05, 4.69) is 5.32 Å². The first-order valence-corrected chi connectivity index (χ1v) is 10.8. The molecule has 0 bridgehead atoms. The molecule has 1 atom stereocenters. The van der Waals surface area contributed by atoms with E-state index in [1.165, 1.54) is 0 Å². The third-order valence-electron chi connectivity index (χ3n) is 3.81. The maximum atomic E-state index is 14.3. The highest BCUT2D eigenvalue weighted by molar-refractivity contribution is 7.99. The number of hydrogen-bond donors (Lipinski definition) is 2. The molecule has 0 aliphatic rings. The van der Waals surface area contributed by atoms with E-state index >= 15 is 0 Å². The van der Waals surface area contributed by atoms with Crippen LogP contribution in [0.4, 0.5) is 14.5 Å². The fourth-order valence-electron chi connectivity index (χ4n) is 2.38. The van der Waals surface area contributed by atoms with Gasteiger partial charge >= 0.3 is 0 Å². The van der Waals surface area contributed by atoms with Gasteiger partial charge in [0.15, 0.2) is 11.6 Å². The Morgan fingerprint density at radius 3 is 2.26 bits per heavy atom. The van der Waals surface area contributed by atoms with Crippen LogP contribution in [0.15, 0.2) is 52.3 Å². The lowest BCUT2D eigenvalue weighted by atomic mass is 10.2. The van der Waals surface area contributed by atoms with Gasteiger partial charge < -0.3 is 10.2 Å². The smallest absolute Gasteiger partial charge is 0.238 e. The summed E-state index contributed by atoms with van der Waals surface area (Å²) in [4.78, 5) is 2.45. The minimum atomic E-state index is -4.18. The molecule has 0 amide bonds. The van der Waals surface area contributed by atoms with Crippen molar-refractivity contribution in [1.29, 1.82) is 0 Å². The monoisotopic (exact) mass is 415 g/mol. The lowest BCUT2D eigenvalue weighted by Crippen LogP contribution is -2.28. The maximum absolute atomic E-state index is 14.3. The van der Waals surface area contributed by atoms with E-state index in [-0.39, 0.29) is 11.7 Å². The van der Waals surface area contributed by atoms with Crippen LogP contribution in [-0.4, -0.2) is 45.8 Å². The molecule has 0 saturated carbocycles. The summed E-state index contributed by atoms with van der Waals surface area (Å²) in [6, 6.07) is 10.9. The molecule has 0 aliphatic heterocycles. The van der Waals surface area contributed by atoms with Crippen molar-refractivity contribution in [3.05, 3.63) is 54.1 Å². The second kappa shape index (κ2) is 9.50. The van der Waals surface area contributed by atoms with Gasteiger partial charge in [0, 0.05) is 16.7 Å². The molecule has 148 valence electrons. The second-order valence-electron chi connectivity index (χ2n) is 6.36. The molecule has 2 aromatic carbocycles. The summed E-state index contributed by atoms with van der Waals surface area (Å²) in [5.74, 6) is -1.38. The number of primary sulfonamides is 1. The molecule has 0 spiro atoms. The van der Waals surface area contributed by atoms with Crippen LogP contribution < -0.4 is 10.5 Å². The summed E-state index contributed by atoms with van der Waals surface area (Å²) in [5, 5.41) is 7.84. The molecule has 0 radical (unpaired) electrons. The fraction of sp³-hybridized carbons (Fsp3) is 0.333. The van der Waals surface area contributed by atoms with Gasteiger partial charge in [0.25, 0.3) is 0 Å². The quantitative estimate of drug-likeness (QED) is 0.616. The number of rotatable bonds is 9. The van der Waals surface area contributed by atoms with Crippen molar-refractivity contribution in [3.63, 3.8) is 0 Å². The van der Waals surface area contributed by atoms with Crippen molar-refractivity contribution in [2.24, 2.45) is 5.14 Å². The van der Waals surface area contributed by atoms with Crippen LogP contribution in [0.3, 0.4) is 0 Å². The van der Waals surface area contributed by atoms with Crippen LogP contribution in [-0.2, 0) is 10.0 Å². The molecule has 0 aromatic heterocycles. The van der Waals surface area contributed by atoms with Gasteiger partial charge in [-0.25, -0.2) is 22.3 Å². The van der Waals surface area contributed by atoms with Crippen LogP contribution in [0.1, 0.15) is 6.42 Å². The van der Waals surface area contributed by atoms with E-state index in [4.69, 9.17) is 5.14 Å². The molecule has 2 rings (SSSR count). The van der Waals surface area contributed by atoms with Crippen molar-refractivity contribution in [1.82, 2.24) is 4.90 Å². The molecule has 0 heterocycles. The van der Waals surface area contributed by atoms with Gasteiger partial charge in [-0.05, 0) is 51.3 Å². The molecule has 0 saturated heterocycles. The first kappa shape index (κ1) is 21.6. The Hall–Kier alpha value is -1.68. The second-order valence-corrected chi connectivity index (χ2v) is 9.02. The highest BCUT2D eigenvalue weighted by atomic mass is 32.2. The van der Waals surface area contributed by atoms with E-state index < -0.39 is 26.6 Å². The molecular formula is C18H23F2N3O2S2. The maximum Gasteiger partial charge on any atom is 0.238 e. The lowest BCUT2D eigenvalue weighted by molar-refractivity contribution is 0.391. The first-order valence-electron chi connectivity index (χ1n) is 8.28. The van der Waals surface area contributed by atoms with Crippen LogP contribution in [0.2, 0.25) is 0 Å². The number of anilines is 1. The van der Waals surface area contributed by atoms with Crippen molar-refractivity contribution in [2.75, 3.05) is 31.7 Å². The van der Waals surface area contributed by atoms with E-state index in [0.29, 0.717) is 12.2 Å². The molecule has 0 fully saturated rings. The average Bonchev–Trinajstić information content (AvgIpc) is 2.59. The van der Waals surface area contributed by atoms with Gasteiger partial charge in [0.1, 0.15) is 5.69 Å². The topological polar surface area (TPSA) is 75.4 Å². The number of sulfonamides is 1. The minimum Gasteiger partial charge on any atom is -0.377 e. The molecule has 2 aromatic rings. The third-order valence-corrected chi connectivity index (χ3v) is 5.88. The summed E-state index contributed by atoms with van der Waals surface area (Å²) in [5.41, 5.74) is -0.347. The molecule has 9 heteroatoms. The number of nitrogens with one attached hydrogen (secondary N) is 1. The Labute approximate surface area is 163 Å². The van der Waals surface area contributed by atoms with Crippen molar-refractivity contribution in [3.8, 4) is 0 Å². The molecular weight excluding hydrogens is 392 g/mol. The van der Waals surface area contributed by atoms with Crippen molar-refractivity contribution >= 4 is 27.5 Å². The normalized spacial score (nSPS) is 13.0. The van der Waals surface area contributed by atoms with E-state index in [1.807, 2.05) is 49.3 Å². The van der Waals surface area contributed by atoms with Gasteiger partial charge in [-0.15, -0.1) is 11.8 Å². The number of nitrogens with two attached hydrogens (primary N) is 1. The number of hydrogen-bond acceptors (Lipinski definition) is 5. The van der Waals surface area contributed by atoms with Crippen LogP contribution >= 0.6 is 11.8 Å². The van der Waals surface area contributed by atoms with E-state index in [1.54, 1.807) is 11.8 Å². The standard InChI is InChI=1S/C18H23F2N3O2S2/c1-23(2)9-8-13(12-26-14-6-4-3-5-7-14)22-18-16(19)10-15(11-17(18)20)27(21,24)25/h3-7,10-11,13,22H,8-9,12H2,1-2H3,(H2,21,24,25)/t13-/m1/s1. The molecule has 5 nitrogen and oxygen atoms in total. The zero-order valence-electron chi connectivity index (χ0n) is 15.2. The number of thioether (sulfide) groups is 1. The Kier molecular flexibility index (Phi) is 7.60. The van der Waals surface area contributed by atoms with E-state index in [9.17, 15) is 17.2 Å². The van der Waals surface area contributed by atoms with Crippen molar-refractivity contribution in [2.45, 2.75) is 22.3 Å². The SMILES string of the molecule is CN(C)CC[C@H](CSc1ccccc1)Nc1c(F)cc(S(N)(=O)=O)cc1F.